The van der Waals surface area contributed by atoms with Gasteiger partial charge in [-0.15, -0.1) is 0 Å². The number of nitrogen functional groups attached to an aromatic ring is 1. The van der Waals surface area contributed by atoms with Crippen LogP contribution in [-0.4, -0.2) is 33.7 Å². The molecule has 0 aliphatic rings. The first-order valence-corrected chi connectivity index (χ1v) is 12.3. The highest BCUT2D eigenvalue weighted by Gasteiger charge is 2.36. The highest BCUT2D eigenvalue weighted by Crippen LogP contribution is 2.35. The van der Waals surface area contributed by atoms with Crippen molar-refractivity contribution in [2.24, 2.45) is 11.7 Å². The second-order valence-corrected chi connectivity index (χ2v) is 9.84. The van der Waals surface area contributed by atoms with Crippen LogP contribution in [0.4, 0.5) is 11.4 Å². The van der Waals surface area contributed by atoms with Crippen LogP contribution >= 0.6 is 11.5 Å². The molecule has 0 radical (unpaired) electrons. The fraction of sp³-hybridized carbons (Fsp3) is 0.308. The summed E-state index contributed by atoms with van der Waals surface area (Å²) in [6.45, 7) is 8.26. The van der Waals surface area contributed by atoms with Gasteiger partial charge in [0.05, 0.1) is 5.69 Å². The Morgan fingerprint density at radius 3 is 2.36 bits per heavy atom. The molecule has 3 aromatic rings. The van der Waals surface area contributed by atoms with Gasteiger partial charge in [0.15, 0.2) is 5.69 Å². The Morgan fingerprint density at radius 1 is 1.11 bits per heavy atom. The number of amides is 3. The molecular weight excluding hydrogens is 478 g/mol. The van der Waals surface area contributed by atoms with Crippen LogP contribution < -0.4 is 21.7 Å². The minimum absolute atomic E-state index is 0.00321. The van der Waals surface area contributed by atoms with Gasteiger partial charge in [0.2, 0.25) is 5.91 Å². The van der Waals surface area contributed by atoms with Crippen LogP contribution in [0.3, 0.4) is 0 Å². The quantitative estimate of drug-likeness (QED) is 0.345. The van der Waals surface area contributed by atoms with Gasteiger partial charge in [-0.2, -0.15) is 4.37 Å². The standard InChI is InChI=1S/C26H31N5O4S/c1-14(2)11-12-29-25(34)22(17-7-9-18(32)10-8-17)31(19-13-15(3)5-6-16(19)4)26(35)23-20(27)21(24(28)33)30-36-23/h5-10,13-14,22,32H,11-12,27H2,1-4H3,(H2,28,33)(H,29,34)/t22-/m0/s1. The molecule has 0 spiro atoms. The SMILES string of the molecule is Cc1ccc(C)c(N(C(=O)c2snc(C(N)=O)c2N)[C@H](C(=O)NCCC(C)C)c2ccc(O)cc2)c1. The van der Waals surface area contributed by atoms with Crippen LogP contribution in [0, 0.1) is 19.8 Å². The average Bonchev–Trinajstić information content (AvgIpc) is 3.21. The molecule has 3 rings (SSSR count). The molecule has 0 bridgehead atoms. The summed E-state index contributed by atoms with van der Waals surface area (Å²) in [4.78, 5) is 40.8. The van der Waals surface area contributed by atoms with E-state index in [2.05, 4.69) is 23.5 Å². The minimum Gasteiger partial charge on any atom is -0.508 e. The van der Waals surface area contributed by atoms with Gasteiger partial charge in [-0.3, -0.25) is 19.3 Å². The Morgan fingerprint density at radius 2 is 1.78 bits per heavy atom. The van der Waals surface area contributed by atoms with Gasteiger partial charge in [0.25, 0.3) is 11.8 Å². The zero-order valence-electron chi connectivity index (χ0n) is 20.7. The van der Waals surface area contributed by atoms with E-state index in [1.54, 1.807) is 12.1 Å². The van der Waals surface area contributed by atoms with Gasteiger partial charge in [0, 0.05) is 12.2 Å². The van der Waals surface area contributed by atoms with E-state index in [4.69, 9.17) is 11.5 Å². The number of phenolic OH excluding ortho intramolecular Hbond substituents is 1. The first-order chi connectivity index (χ1) is 17.0. The summed E-state index contributed by atoms with van der Waals surface area (Å²) in [5.74, 6) is -1.43. The lowest BCUT2D eigenvalue weighted by molar-refractivity contribution is -0.122. The molecule has 0 aliphatic carbocycles. The van der Waals surface area contributed by atoms with E-state index in [0.29, 0.717) is 23.7 Å². The third-order valence-electron chi connectivity index (χ3n) is 5.73. The van der Waals surface area contributed by atoms with Crippen molar-refractivity contribution in [3.8, 4) is 5.75 Å². The Bertz CT molecular complexity index is 1270. The minimum atomic E-state index is -1.09. The van der Waals surface area contributed by atoms with Gasteiger partial charge < -0.3 is 21.9 Å². The number of rotatable bonds is 9. The van der Waals surface area contributed by atoms with Gasteiger partial charge in [-0.05, 0) is 72.6 Å². The number of anilines is 2. The summed E-state index contributed by atoms with van der Waals surface area (Å²) in [6, 6.07) is 10.6. The maximum atomic E-state index is 14.1. The number of hydrogen-bond donors (Lipinski definition) is 4. The molecule has 2 aromatic carbocycles. The largest absolute Gasteiger partial charge is 0.508 e. The first-order valence-electron chi connectivity index (χ1n) is 11.5. The molecule has 190 valence electrons. The molecule has 3 amide bonds. The second-order valence-electron chi connectivity index (χ2n) is 9.07. The molecule has 10 heteroatoms. The van der Waals surface area contributed by atoms with Crippen LogP contribution in [0.15, 0.2) is 42.5 Å². The summed E-state index contributed by atoms with van der Waals surface area (Å²) in [6.07, 6.45) is 0.759. The first kappa shape index (κ1) is 26.7. The summed E-state index contributed by atoms with van der Waals surface area (Å²) < 4.78 is 3.97. The number of hydrogen-bond acceptors (Lipinski definition) is 7. The number of nitrogens with zero attached hydrogens (tertiary/aromatic N) is 2. The predicted octanol–water partition coefficient (Wildman–Crippen LogP) is 3.70. The number of aryl methyl sites for hydroxylation is 2. The third kappa shape index (κ3) is 5.83. The Labute approximate surface area is 214 Å². The lowest BCUT2D eigenvalue weighted by Gasteiger charge is -2.32. The molecule has 0 fully saturated rings. The van der Waals surface area contributed by atoms with Crippen LogP contribution in [-0.2, 0) is 4.79 Å². The van der Waals surface area contributed by atoms with Crippen molar-refractivity contribution in [2.75, 3.05) is 17.2 Å². The van der Waals surface area contributed by atoms with E-state index in [0.717, 1.165) is 29.1 Å². The number of nitrogens with one attached hydrogen (secondary N) is 1. The van der Waals surface area contributed by atoms with Crippen molar-refractivity contribution in [3.05, 3.63) is 69.7 Å². The van der Waals surface area contributed by atoms with Crippen molar-refractivity contribution < 1.29 is 19.5 Å². The van der Waals surface area contributed by atoms with E-state index in [1.807, 2.05) is 32.0 Å². The summed E-state index contributed by atoms with van der Waals surface area (Å²) >= 11 is 0.755. The van der Waals surface area contributed by atoms with E-state index < -0.39 is 23.8 Å². The molecule has 9 nitrogen and oxygen atoms in total. The molecule has 0 saturated carbocycles. The Hall–Kier alpha value is -3.92. The molecule has 0 unspecified atom stereocenters. The number of nitrogens with two attached hydrogens (primary N) is 2. The summed E-state index contributed by atoms with van der Waals surface area (Å²) in [7, 11) is 0. The van der Waals surface area contributed by atoms with E-state index in [1.165, 1.54) is 17.0 Å². The van der Waals surface area contributed by atoms with Crippen molar-refractivity contribution in [1.82, 2.24) is 9.69 Å². The maximum absolute atomic E-state index is 14.1. The lowest BCUT2D eigenvalue weighted by Crippen LogP contribution is -2.44. The van der Waals surface area contributed by atoms with Crippen LogP contribution in [0.5, 0.6) is 5.75 Å². The van der Waals surface area contributed by atoms with Crippen molar-refractivity contribution in [2.45, 2.75) is 40.2 Å². The fourth-order valence-corrected chi connectivity index (χ4v) is 4.48. The number of carbonyl (C=O) groups excluding carboxylic acids is 3. The lowest BCUT2D eigenvalue weighted by atomic mass is 10.00. The molecule has 1 aromatic heterocycles. The van der Waals surface area contributed by atoms with Crippen LogP contribution in [0.1, 0.15) is 63.2 Å². The molecular formula is C26H31N5O4S. The zero-order chi connectivity index (χ0) is 26.6. The number of primary amides is 1. The molecule has 0 aliphatic heterocycles. The van der Waals surface area contributed by atoms with E-state index in [9.17, 15) is 19.5 Å². The molecule has 6 N–H and O–H groups in total. The topological polar surface area (TPSA) is 152 Å². The summed E-state index contributed by atoms with van der Waals surface area (Å²) in [5, 5.41) is 12.8. The smallest absolute Gasteiger partial charge is 0.273 e. The molecule has 1 heterocycles. The number of benzene rings is 2. The number of carbonyl (C=O) groups is 3. The fourth-order valence-electron chi connectivity index (χ4n) is 3.74. The van der Waals surface area contributed by atoms with E-state index >= 15 is 0 Å². The number of aromatic nitrogens is 1. The van der Waals surface area contributed by atoms with E-state index in [-0.39, 0.29) is 22.0 Å². The molecule has 0 saturated heterocycles. The highest BCUT2D eigenvalue weighted by molar-refractivity contribution is 7.09. The predicted molar refractivity (Wildman–Crippen MR) is 141 cm³/mol. The number of aromatic hydroxyl groups is 1. The normalized spacial score (nSPS) is 11.8. The average molecular weight is 510 g/mol. The Kier molecular flexibility index (Phi) is 8.31. The van der Waals surface area contributed by atoms with Crippen LogP contribution in [0.25, 0.3) is 0 Å². The van der Waals surface area contributed by atoms with Crippen molar-refractivity contribution in [3.63, 3.8) is 0 Å². The van der Waals surface area contributed by atoms with Gasteiger partial charge >= 0.3 is 0 Å². The van der Waals surface area contributed by atoms with Crippen molar-refractivity contribution >= 4 is 40.6 Å². The molecule has 36 heavy (non-hydrogen) atoms. The van der Waals surface area contributed by atoms with Crippen LogP contribution in [0.2, 0.25) is 0 Å². The molecule has 1 atom stereocenters. The number of phenols is 1. The van der Waals surface area contributed by atoms with Gasteiger partial charge in [-0.1, -0.05) is 38.1 Å². The zero-order valence-corrected chi connectivity index (χ0v) is 21.6. The van der Waals surface area contributed by atoms with Gasteiger partial charge in [-0.25, -0.2) is 0 Å². The monoisotopic (exact) mass is 509 g/mol. The summed E-state index contributed by atoms with van der Waals surface area (Å²) in [5.41, 5.74) is 13.8. The highest BCUT2D eigenvalue weighted by atomic mass is 32.1. The Balaban J connectivity index is 2.21. The van der Waals surface area contributed by atoms with Gasteiger partial charge in [0.1, 0.15) is 16.7 Å². The second kappa shape index (κ2) is 11.2. The maximum Gasteiger partial charge on any atom is 0.273 e. The third-order valence-corrected chi connectivity index (χ3v) is 6.59. The van der Waals surface area contributed by atoms with Crippen molar-refractivity contribution in [1.29, 1.82) is 0 Å².